The number of benzene rings is 1. The Morgan fingerprint density at radius 3 is 2.17 bits per heavy atom. The molecule has 0 fully saturated rings. The van der Waals surface area contributed by atoms with Crippen LogP contribution in [-0.2, 0) is 10.4 Å². The van der Waals surface area contributed by atoms with Gasteiger partial charge in [-0.15, -0.1) is 0 Å². The highest BCUT2D eigenvalue weighted by Gasteiger charge is 2.09. The fraction of sp³-hybridized carbons (Fsp3) is 0.167. The van der Waals surface area contributed by atoms with Gasteiger partial charge in [0.2, 0.25) is 5.95 Å². The molecule has 1 heterocycles. The van der Waals surface area contributed by atoms with Crippen LogP contribution in [0.25, 0.3) is 0 Å². The summed E-state index contributed by atoms with van der Waals surface area (Å²) < 4.78 is 31.6. The van der Waals surface area contributed by atoms with Gasteiger partial charge in [0.15, 0.2) is 11.6 Å². The van der Waals surface area contributed by atoms with Gasteiger partial charge in [-0.2, -0.15) is 18.4 Å². The van der Waals surface area contributed by atoms with Crippen molar-refractivity contribution in [3.8, 4) is 0 Å². The molecular formula is C12H18N6O4S. The van der Waals surface area contributed by atoms with Crippen LogP contribution in [0.2, 0.25) is 0 Å². The van der Waals surface area contributed by atoms with Crippen LogP contribution in [0, 0.1) is 13.8 Å². The van der Waals surface area contributed by atoms with Crippen LogP contribution in [0.3, 0.4) is 0 Å². The van der Waals surface area contributed by atoms with Crippen molar-refractivity contribution in [3.63, 3.8) is 0 Å². The first-order valence-corrected chi connectivity index (χ1v) is 7.59. The molecule has 0 amide bonds. The molecule has 0 radical (unpaired) electrons. The summed E-state index contributed by atoms with van der Waals surface area (Å²) in [4.78, 5) is 7.83. The highest BCUT2D eigenvalue weighted by molar-refractivity contribution is 7.79. The summed E-state index contributed by atoms with van der Waals surface area (Å²) in [7, 11) is -4.67. The van der Waals surface area contributed by atoms with Crippen LogP contribution in [0.4, 0.5) is 29.0 Å². The minimum Gasteiger partial charge on any atom is -0.393 e. The molecule has 11 heteroatoms. The van der Waals surface area contributed by atoms with Gasteiger partial charge in [0.1, 0.15) is 5.69 Å². The average Bonchev–Trinajstić information content (AvgIpc) is 2.36. The van der Waals surface area contributed by atoms with E-state index in [0.717, 1.165) is 11.3 Å². The molecule has 2 aromatic rings. The van der Waals surface area contributed by atoms with Crippen LogP contribution in [-0.4, -0.2) is 27.5 Å². The van der Waals surface area contributed by atoms with Crippen molar-refractivity contribution in [2.75, 3.05) is 22.5 Å². The number of nitrogens with zero attached hydrogens (tertiary/aromatic N) is 2. The van der Waals surface area contributed by atoms with Gasteiger partial charge in [0.05, 0.1) is 0 Å². The van der Waals surface area contributed by atoms with Gasteiger partial charge < -0.3 is 22.5 Å². The monoisotopic (exact) mass is 342 g/mol. The first kappa shape index (κ1) is 18.4. The zero-order valence-electron chi connectivity index (χ0n) is 12.5. The van der Waals surface area contributed by atoms with Gasteiger partial charge in [0, 0.05) is 5.69 Å². The molecule has 1 aromatic carbocycles. The van der Waals surface area contributed by atoms with Crippen LogP contribution >= 0.6 is 0 Å². The van der Waals surface area contributed by atoms with Gasteiger partial charge in [-0.05, 0) is 25.5 Å². The topological polar surface area (TPSA) is 190 Å². The molecule has 0 saturated carbocycles. The molecule has 0 unspecified atom stereocenters. The predicted molar refractivity (Wildman–Crippen MR) is 88.6 cm³/mol. The smallest absolute Gasteiger partial charge is 0.393 e. The lowest BCUT2D eigenvalue weighted by Gasteiger charge is -2.12. The molecule has 0 saturated heterocycles. The summed E-state index contributed by atoms with van der Waals surface area (Å²) in [6.07, 6.45) is 0. The van der Waals surface area contributed by atoms with Crippen molar-refractivity contribution < 1.29 is 17.5 Å². The quantitative estimate of drug-likeness (QED) is 0.428. The Morgan fingerprint density at radius 1 is 1.09 bits per heavy atom. The van der Waals surface area contributed by atoms with Gasteiger partial charge >= 0.3 is 10.4 Å². The SMILES string of the molecule is Cc1ccc(Nc2nc(N)nc(N)c2N)c(C)c1.O=S(=O)(O)O. The third-order valence-corrected chi connectivity index (χ3v) is 2.63. The van der Waals surface area contributed by atoms with Crippen molar-refractivity contribution in [2.24, 2.45) is 0 Å². The lowest BCUT2D eigenvalue weighted by Crippen LogP contribution is -2.08. The number of rotatable bonds is 2. The molecule has 0 bridgehead atoms. The fourth-order valence-corrected chi connectivity index (χ4v) is 1.68. The molecule has 0 spiro atoms. The molecule has 2 rings (SSSR count). The summed E-state index contributed by atoms with van der Waals surface area (Å²) in [5, 5.41) is 3.11. The molecule has 126 valence electrons. The van der Waals surface area contributed by atoms with E-state index < -0.39 is 10.4 Å². The number of anilines is 5. The normalized spacial score (nSPS) is 10.6. The molecule has 0 aliphatic heterocycles. The number of hydrogen-bond acceptors (Lipinski definition) is 8. The second kappa shape index (κ2) is 7.09. The number of hydrogen-bond donors (Lipinski definition) is 6. The summed E-state index contributed by atoms with van der Waals surface area (Å²) in [5.41, 5.74) is 20.5. The number of nitrogens with two attached hydrogens (primary N) is 3. The van der Waals surface area contributed by atoms with Crippen molar-refractivity contribution in [1.29, 1.82) is 0 Å². The lowest BCUT2D eigenvalue weighted by molar-refractivity contribution is 0.381. The molecule has 0 aliphatic rings. The summed E-state index contributed by atoms with van der Waals surface area (Å²) in [5.74, 6) is 0.690. The van der Waals surface area contributed by atoms with E-state index in [0.29, 0.717) is 11.5 Å². The van der Waals surface area contributed by atoms with E-state index in [-0.39, 0.29) is 11.8 Å². The van der Waals surface area contributed by atoms with Gasteiger partial charge in [-0.1, -0.05) is 17.7 Å². The minimum atomic E-state index is -4.67. The second-order valence-corrected chi connectivity index (χ2v) is 5.52. The first-order valence-electron chi connectivity index (χ1n) is 6.20. The maximum Gasteiger partial charge on any atom is 0.394 e. The molecule has 0 atom stereocenters. The number of aromatic nitrogens is 2. The minimum absolute atomic E-state index is 0.0916. The Morgan fingerprint density at radius 2 is 1.65 bits per heavy atom. The third kappa shape index (κ3) is 6.34. The van der Waals surface area contributed by atoms with E-state index in [1.807, 2.05) is 26.0 Å². The Kier molecular flexibility index (Phi) is 5.68. The molecule has 0 aliphatic carbocycles. The van der Waals surface area contributed by atoms with E-state index in [1.165, 1.54) is 5.56 Å². The lowest BCUT2D eigenvalue weighted by atomic mass is 10.1. The van der Waals surface area contributed by atoms with Gasteiger partial charge in [-0.3, -0.25) is 9.11 Å². The second-order valence-electron chi connectivity index (χ2n) is 4.62. The van der Waals surface area contributed by atoms with Crippen LogP contribution < -0.4 is 22.5 Å². The molecule has 9 N–H and O–H groups in total. The van der Waals surface area contributed by atoms with Gasteiger partial charge in [-0.25, -0.2) is 0 Å². The number of nitrogens with one attached hydrogen (secondary N) is 1. The maximum atomic E-state index is 8.74. The molecule has 10 nitrogen and oxygen atoms in total. The van der Waals surface area contributed by atoms with E-state index in [1.54, 1.807) is 0 Å². The maximum absolute atomic E-state index is 8.74. The van der Waals surface area contributed by atoms with E-state index >= 15 is 0 Å². The van der Waals surface area contributed by atoms with E-state index in [4.69, 9.17) is 34.7 Å². The Hall–Kier alpha value is -2.63. The molecule has 1 aromatic heterocycles. The van der Waals surface area contributed by atoms with Crippen molar-refractivity contribution in [1.82, 2.24) is 9.97 Å². The third-order valence-electron chi connectivity index (χ3n) is 2.63. The van der Waals surface area contributed by atoms with Crippen molar-refractivity contribution in [2.45, 2.75) is 13.8 Å². The Bertz CT molecular complexity index is 801. The standard InChI is InChI=1S/C12H16N6.H2O4S/c1-6-3-4-8(7(2)5-6)16-11-9(13)10(14)17-12(15)18-11;1-5(2,3)4/h3-5H,13H2,1-2H3,(H5,14,15,16,17,18);(H2,1,2,3,4). The number of aryl methyl sites for hydroxylation is 2. The first-order chi connectivity index (χ1) is 10.5. The Labute approximate surface area is 133 Å². The van der Waals surface area contributed by atoms with Crippen LogP contribution in [0.1, 0.15) is 11.1 Å². The summed E-state index contributed by atoms with van der Waals surface area (Å²) in [6.45, 7) is 4.03. The number of nitrogen functional groups attached to an aromatic ring is 3. The fourth-order valence-electron chi connectivity index (χ4n) is 1.68. The average molecular weight is 342 g/mol. The van der Waals surface area contributed by atoms with E-state index in [9.17, 15) is 0 Å². The summed E-state index contributed by atoms with van der Waals surface area (Å²) in [6, 6.07) is 6.02. The largest absolute Gasteiger partial charge is 0.394 e. The van der Waals surface area contributed by atoms with Crippen molar-refractivity contribution in [3.05, 3.63) is 29.3 Å². The van der Waals surface area contributed by atoms with E-state index in [2.05, 4.69) is 21.4 Å². The molecular weight excluding hydrogens is 324 g/mol. The van der Waals surface area contributed by atoms with Crippen LogP contribution in [0.5, 0.6) is 0 Å². The van der Waals surface area contributed by atoms with Gasteiger partial charge in [0.25, 0.3) is 0 Å². The zero-order valence-corrected chi connectivity index (χ0v) is 13.3. The highest BCUT2D eigenvalue weighted by atomic mass is 32.3. The van der Waals surface area contributed by atoms with Crippen LogP contribution in [0.15, 0.2) is 18.2 Å². The molecule has 23 heavy (non-hydrogen) atoms. The summed E-state index contributed by atoms with van der Waals surface area (Å²) >= 11 is 0. The Balaban J connectivity index is 0.000000463. The highest BCUT2D eigenvalue weighted by Crippen LogP contribution is 2.27. The predicted octanol–water partition coefficient (Wildman–Crippen LogP) is 0.931. The van der Waals surface area contributed by atoms with Crippen molar-refractivity contribution >= 4 is 39.4 Å². The zero-order chi connectivity index (χ0) is 17.8.